The number of rotatable bonds is 7. The van der Waals surface area contributed by atoms with Crippen molar-refractivity contribution in [3.8, 4) is 0 Å². The number of benzene rings is 2. The van der Waals surface area contributed by atoms with Gasteiger partial charge < -0.3 is 10.2 Å². The molecule has 0 bridgehead atoms. The van der Waals surface area contributed by atoms with Crippen molar-refractivity contribution >= 4 is 35.0 Å². The molecule has 0 fully saturated rings. The van der Waals surface area contributed by atoms with Crippen molar-refractivity contribution in [1.29, 1.82) is 0 Å². The first-order valence-electron chi connectivity index (χ1n) is 7.98. The quantitative estimate of drug-likeness (QED) is 0.735. The SMILES string of the molecule is CN(Cc1ccc(Cl)c(Cl)c1)C(=O)CCCNC(=O)c1ccccc1. The Bertz CT molecular complexity index is 735. The number of amides is 2. The van der Waals surface area contributed by atoms with Crippen molar-refractivity contribution in [2.75, 3.05) is 13.6 Å². The van der Waals surface area contributed by atoms with Gasteiger partial charge in [-0.1, -0.05) is 47.5 Å². The Morgan fingerprint density at radius 1 is 1.04 bits per heavy atom. The van der Waals surface area contributed by atoms with E-state index in [1.807, 2.05) is 24.3 Å². The third-order valence-corrected chi connectivity index (χ3v) is 4.46. The van der Waals surface area contributed by atoms with Crippen molar-refractivity contribution in [3.05, 3.63) is 69.7 Å². The van der Waals surface area contributed by atoms with E-state index in [1.165, 1.54) is 0 Å². The molecule has 0 aliphatic carbocycles. The van der Waals surface area contributed by atoms with Crippen LogP contribution in [0.5, 0.6) is 0 Å². The van der Waals surface area contributed by atoms with Gasteiger partial charge in [0.2, 0.25) is 5.91 Å². The normalized spacial score (nSPS) is 10.4. The summed E-state index contributed by atoms with van der Waals surface area (Å²) in [6.07, 6.45) is 0.954. The van der Waals surface area contributed by atoms with E-state index in [2.05, 4.69) is 5.32 Å². The van der Waals surface area contributed by atoms with Crippen LogP contribution in [0.1, 0.15) is 28.8 Å². The summed E-state index contributed by atoms with van der Waals surface area (Å²) in [7, 11) is 1.74. The number of nitrogens with one attached hydrogen (secondary N) is 1. The molecule has 0 aromatic heterocycles. The first kappa shape index (κ1) is 19.3. The third-order valence-electron chi connectivity index (χ3n) is 3.72. The Kier molecular flexibility index (Phi) is 7.29. The summed E-state index contributed by atoms with van der Waals surface area (Å²) >= 11 is 11.9. The zero-order valence-electron chi connectivity index (χ0n) is 14.0. The number of hydrogen-bond donors (Lipinski definition) is 1. The smallest absolute Gasteiger partial charge is 0.251 e. The van der Waals surface area contributed by atoms with Crippen molar-refractivity contribution in [1.82, 2.24) is 10.2 Å². The van der Waals surface area contributed by atoms with Gasteiger partial charge in [-0.05, 0) is 36.2 Å². The molecule has 0 unspecified atom stereocenters. The van der Waals surface area contributed by atoms with Gasteiger partial charge >= 0.3 is 0 Å². The number of carbonyl (C=O) groups excluding carboxylic acids is 2. The van der Waals surface area contributed by atoms with E-state index in [0.29, 0.717) is 41.5 Å². The fourth-order valence-corrected chi connectivity index (χ4v) is 2.64. The molecule has 0 radical (unpaired) electrons. The van der Waals surface area contributed by atoms with Crippen LogP contribution in [0, 0.1) is 0 Å². The maximum absolute atomic E-state index is 12.2. The molecule has 0 heterocycles. The highest BCUT2D eigenvalue weighted by molar-refractivity contribution is 6.42. The largest absolute Gasteiger partial charge is 0.352 e. The van der Waals surface area contributed by atoms with Crippen LogP contribution in [0.4, 0.5) is 0 Å². The van der Waals surface area contributed by atoms with E-state index in [9.17, 15) is 9.59 Å². The summed E-state index contributed by atoms with van der Waals surface area (Å²) in [5, 5.41) is 3.78. The molecule has 2 amide bonds. The van der Waals surface area contributed by atoms with Crippen LogP contribution in [-0.4, -0.2) is 30.3 Å². The first-order valence-corrected chi connectivity index (χ1v) is 8.74. The average Bonchev–Trinajstić information content (AvgIpc) is 2.62. The maximum atomic E-state index is 12.2. The second-order valence-corrected chi connectivity index (χ2v) is 6.54. The molecule has 4 nitrogen and oxygen atoms in total. The summed E-state index contributed by atoms with van der Waals surface area (Å²) in [5.41, 5.74) is 1.54. The van der Waals surface area contributed by atoms with Gasteiger partial charge in [0.1, 0.15) is 0 Å². The summed E-state index contributed by atoms with van der Waals surface area (Å²) in [5.74, 6) is -0.114. The van der Waals surface area contributed by atoms with Crippen molar-refractivity contribution in [3.63, 3.8) is 0 Å². The Morgan fingerprint density at radius 3 is 2.44 bits per heavy atom. The van der Waals surface area contributed by atoms with Crippen molar-refractivity contribution in [2.24, 2.45) is 0 Å². The van der Waals surface area contributed by atoms with Gasteiger partial charge in [-0.25, -0.2) is 0 Å². The fraction of sp³-hybridized carbons (Fsp3) is 0.263. The molecule has 1 N–H and O–H groups in total. The van der Waals surface area contributed by atoms with E-state index in [1.54, 1.807) is 36.2 Å². The highest BCUT2D eigenvalue weighted by atomic mass is 35.5. The lowest BCUT2D eigenvalue weighted by molar-refractivity contribution is -0.130. The van der Waals surface area contributed by atoms with Gasteiger partial charge in [-0.2, -0.15) is 0 Å². The van der Waals surface area contributed by atoms with E-state index in [0.717, 1.165) is 5.56 Å². The standard InChI is InChI=1S/C19H20Cl2N2O2/c1-23(13-14-9-10-16(20)17(21)12-14)18(24)8-5-11-22-19(25)15-6-3-2-4-7-15/h2-4,6-7,9-10,12H,5,8,11,13H2,1H3,(H,22,25). The van der Waals surface area contributed by atoms with E-state index < -0.39 is 0 Å². The number of carbonyl (C=O) groups is 2. The van der Waals surface area contributed by atoms with Crippen LogP contribution in [0.2, 0.25) is 10.0 Å². The van der Waals surface area contributed by atoms with Crippen LogP contribution >= 0.6 is 23.2 Å². The molecule has 0 saturated heterocycles. The van der Waals surface area contributed by atoms with Gasteiger partial charge in [-0.3, -0.25) is 9.59 Å². The van der Waals surface area contributed by atoms with Gasteiger partial charge in [0, 0.05) is 32.1 Å². The molecule has 6 heteroatoms. The number of hydrogen-bond acceptors (Lipinski definition) is 2. The average molecular weight is 379 g/mol. The minimum atomic E-state index is -0.128. The second-order valence-electron chi connectivity index (χ2n) is 5.72. The van der Waals surface area contributed by atoms with Crippen LogP contribution in [0.25, 0.3) is 0 Å². The molecule has 0 aliphatic heterocycles. The Balaban J connectivity index is 1.72. The van der Waals surface area contributed by atoms with E-state index in [4.69, 9.17) is 23.2 Å². The number of nitrogens with zero attached hydrogens (tertiary/aromatic N) is 1. The zero-order valence-corrected chi connectivity index (χ0v) is 15.5. The molecule has 0 aliphatic rings. The van der Waals surface area contributed by atoms with Crippen LogP contribution < -0.4 is 5.32 Å². The van der Waals surface area contributed by atoms with Crippen molar-refractivity contribution in [2.45, 2.75) is 19.4 Å². The third kappa shape index (κ3) is 6.07. The van der Waals surface area contributed by atoms with Crippen LogP contribution in [-0.2, 0) is 11.3 Å². The maximum Gasteiger partial charge on any atom is 0.251 e. The lowest BCUT2D eigenvalue weighted by Gasteiger charge is -2.17. The van der Waals surface area contributed by atoms with Crippen molar-refractivity contribution < 1.29 is 9.59 Å². The summed E-state index contributed by atoms with van der Waals surface area (Å²) in [6.45, 7) is 0.923. The minimum Gasteiger partial charge on any atom is -0.352 e. The molecule has 0 spiro atoms. The molecule has 2 aromatic carbocycles. The molecular weight excluding hydrogens is 359 g/mol. The molecule has 25 heavy (non-hydrogen) atoms. The van der Waals surface area contributed by atoms with Crippen LogP contribution in [0.3, 0.4) is 0 Å². The van der Waals surface area contributed by atoms with Gasteiger partial charge in [-0.15, -0.1) is 0 Å². The number of halogens is 2. The Morgan fingerprint density at radius 2 is 1.76 bits per heavy atom. The Labute approximate surface area is 157 Å². The molecule has 2 aromatic rings. The summed E-state index contributed by atoms with van der Waals surface area (Å²) < 4.78 is 0. The van der Waals surface area contributed by atoms with Crippen LogP contribution in [0.15, 0.2) is 48.5 Å². The lowest BCUT2D eigenvalue weighted by Crippen LogP contribution is -2.28. The summed E-state index contributed by atoms with van der Waals surface area (Å²) in [6, 6.07) is 14.3. The van der Waals surface area contributed by atoms with E-state index in [-0.39, 0.29) is 11.8 Å². The second kappa shape index (κ2) is 9.44. The molecule has 132 valence electrons. The van der Waals surface area contributed by atoms with Gasteiger partial charge in [0.25, 0.3) is 5.91 Å². The Hall–Kier alpha value is -2.04. The minimum absolute atomic E-state index is 0.0139. The van der Waals surface area contributed by atoms with E-state index >= 15 is 0 Å². The molecule has 2 rings (SSSR count). The highest BCUT2D eigenvalue weighted by Crippen LogP contribution is 2.23. The lowest BCUT2D eigenvalue weighted by atomic mass is 10.2. The zero-order chi connectivity index (χ0) is 18.2. The summed E-state index contributed by atoms with van der Waals surface area (Å²) in [4.78, 5) is 25.7. The molecule has 0 saturated carbocycles. The monoisotopic (exact) mass is 378 g/mol. The first-order chi connectivity index (χ1) is 12.0. The highest BCUT2D eigenvalue weighted by Gasteiger charge is 2.10. The predicted molar refractivity (Wildman–Crippen MR) is 101 cm³/mol. The predicted octanol–water partition coefficient (Wildman–Crippen LogP) is 4.16. The van der Waals surface area contributed by atoms with Gasteiger partial charge in [0.15, 0.2) is 0 Å². The van der Waals surface area contributed by atoms with Gasteiger partial charge in [0.05, 0.1) is 10.0 Å². The fourth-order valence-electron chi connectivity index (χ4n) is 2.32. The molecular formula is C19H20Cl2N2O2. The molecule has 0 atom stereocenters. The topological polar surface area (TPSA) is 49.4 Å².